The van der Waals surface area contributed by atoms with Crippen molar-refractivity contribution in [2.24, 2.45) is 11.8 Å². The summed E-state index contributed by atoms with van der Waals surface area (Å²) in [6.07, 6.45) is 8.32. The maximum atomic E-state index is 8.92. The molecule has 0 aliphatic carbocycles. The van der Waals surface area contributed by atoms with Crippen LogP contribution in [0.2, 0.25) is 0 Å². The Morgan fingerprint density at radius 3 is 2.16 bits per heavy atom. The van der Waals surface area contributed by atoms with Crippen molar-refractivity contribution in [1.82, 2.24) is 5.32 Å². The van der Waals surface area contributed by atoms with Gasteiger partial charge in [0.05, 0.1) is 11.6 Å². The quantitative estimate of drug-likeness (QED) is 0.226. The minimum Gasteiger partial charge on any atom is -0.388 e. The minimum atomic E-state index is 0.591. The van der Waals surface area contributed by atoms with Crippen LogP contribution in [0.1, 0.15) is 79.7 Å². The molecule has 0 aliphatic rings. The normalized spacial score (nSPS) is 12.2. The topological polar surface area (TPSA) is 59.7 Å². The van der Waals surface area contributed by atoms with Gasteiger partial charge in [0.2, 0.25) is 0 Å². The third-order valence-corrected chi connectivity index (χ3v) is 4.77. The van der Waals surface area contributed by atoms with Crippen LogP contribution in [0, 0.1) is 28.6 Å². The lowest BCUT2D eigenvalue weighted by atomic mass is 9.90. The average Bonchev–Trinajstić information content (AvgIpc) is 2.77. The lowest BCUT2D eigenvalue weighted by Gasteiger charge is -2.16. The molecule has 0 spiro atoms. The van der Waals surface area contributed by atoms with E-state index in [0.29, 0.717) is 5.57 Å². The van der Waals surface area contributed by atoms with Crippen LogP contribution in [0.3, 0.4) is 0 Å². The minimum absolute atomic E-state index is 0.591. The number of nitrogens with zero attached hydrogens (tertiary/aromatic N) is 1. The Kier molecular flexibility index (Phi) is 19.1. The van der Waals surface area contributed by atoms with Crippen LogP contribution in [0.4, 0.5) is 0 Å². The molecule has 1 aromatic carbocycles. The molecular formula is C28H45N3. The van der Waals surface area contributed by atoms with E-state index in [0.717, 1.165) is 40.8 Å². The summed E-state index contributed by atoms with van der Waals surface area (Å²) in [4.78, 5) is 0. The molecule has 0 aliphatic heterocycles. The third kappa shape index (κ3) is 14.9. The Morgan fingerprint density at radius 2 is 1.77 bits per heavy atom. The smallest absolute Gasteiger partial charge is 0.0994 e. The van der Waals surface area contributed by atoms with Crippen LogP contribution in [0.5, 0.6) is 0 Å². The molecule has 0 saturated carbocycles. The van der Waals surface area contributed by atoms with Gasteiger partial charge in [-0.15, -0.1) is 0 Å². The molecule has 3 nitrogen and oxygen atoms in total. The molecule has 0 heterocycles. The molecule has 1 unspecified atom stereocenters. The fourth-order valence-corrected chi connectivity index (χ4v) is 3.08. The van der Waals surface area contributed by atoms with E-state index in [-0.39, 0.29) is 0 Å². The van der Waals surface area contributed by atoms with Crippen LogP contribution >= 0.6 is 0 Å². The second-order valence-electron chi connectivity index (χ2n) is 7.81. The van der Waals surface area contributed by atoms with Gasteiger partial charge < -0.3 is 10.7 Å². The largest absolute Gasteiger partial charge is 0.388 e. The van der Waals surface area contributed by atoms with E-state index in [1.807, 2.05) is 71.2 Å². The Labute approximate surface area is 192 Å². The highest BCUT2D eigenvalue weighted by Crippen LogP contribution is 2.20. The van der Waals surface area contributed by atoms with Crippen LogP contribution < -0.4 is 5.32 Å². The maximum Gasteiger partial charge on any atom is 0.0994 e. The molecule has 0 fully saturated rings. The number of benzene rings is 1. The summed E-state index contributed by atoms with van der Waals surface area (Å²) in [7, 11) is 1.87. The van der Waals surface area contributed by atoms with Gasteiger partial charge in [-0.2, -0.15) is 5.26 Å². The van der Waals surface area contributed by atoms with Gasteiger partial charge in [-0.3, -0.25) is 0 Å². The van der Waals surface area contributed by atoms with Gasteiger partial charge in [0, 0.05) is 18.5 Å². The molecule has 31 heavy (non-hydrogen) atoms. The van der Waals surface area contributed by atoms with Crippen molar-refractivity contribution in [3.63, 3.8) is 0 Å². The van der Waals surface area contributed by atoms with E-state index in [9.17, 15) is 0 Å². The molecule has 172 valence electrons. The maximum absolute atomic E-state index is 8.92. The van der Waals surface area contributed by atoms with Gasteiger partial charge in [-0.25, -0.2) is 0 Å². The lowest BCUT2D eigenvalue weighted by molar-refractivity contribution is 0.381. The monoisotopic (exact) mass is 423 g/mol. The van der Waals surface area contributed by atoms with E-state index < -0.39 is 0 Å². The summed E-state index contributed by atoms with van der Waals surface area (Å²) < 4.78 is 0. The fourth-order valence-electron chi connectivity index (χ4n) is 3.08. The molecule has 2 N–H and O–H groups in total. The zero-order chi connectivity index (χ0) is 24.2. The fraction of sp³-hybridized carbons (Fsp3) is 0.500. The highest BCUT2D eigenvalue weighted by molar-refractivity contribution is 5.78. The molecule has 1 rings (SSSR count). The molecule has 0 saturated heterocycles. The number of rotatable bonds is 10. The van der Waals surface area contributed by atoms with E-state index in [1.165, 1.54) is 19.3 Å². The molecular weight excluding hydrogens is 378 g/mol. The molecule has 0 amide bonds. The lowest BCUT2D eigenvalue weighted by Crippen LogP contribution is -2.05. The SMILES string of the molecule is C=C/C(C#N)=C(C)\C=C(/NC)c1ccccc1.CC.CCC(CCC(C)=N)CC(C)C. The Hall–Kier alpha value is -2.60. The summed E-state index contributed by atoms with van der Waals surface area (Å²) in [5.74, 6) is 1.64. The van der Waals surface area contributed by atoms with Crippen LogP contribution in [-0.2, 0) is 0 Å². The van der Waals surface area contributed by atoms with E-state index >= 15 is 0 Å². The number of allylic oxidation sites excluding steroid dienone is 4. The van der Waals surface area contributed by atoms with Gasteiger partial charge in [-0.05, 0) is 62.2 Å². The summed E-state index contributed by atoms with van der Waals surface area (Å²) in [6.45, 7) is 18.2. The van der Waals surface area contributed by atoms with Crippen molar-refractivity contribution >= 4 is 11.4 Å². The second kappa shape index (κ2) is 19.4. The first kappa shape index (κ1) is 30.6. The number of nitrogens with one attached hydrogen (secondary N) is 2. The van der Waals surface area contributed by atoms with E-state index in [1.54, 1.807) is 6.08 Å². The summed E-state index contributed by atoms with van der Waals surface area (Å²) in [5, 5.41) is 19.4. The van der Waals surface area contributed by atoms with Crippen molar-refractivity contribution in [1.29, 1.82) is 10.7 Å². The Bertz CT molecular complexity index is 718. The van der Waals surface area contributed by atoms with Gasteiger partial charge >= 0.3 is 0 Å². The number of hydrogen-bond donors (Lipinski definition) is 2. The first-order valence-corrected chi connectivity index (χ1v) is 11.5. The Morgan fingerprint density at radius 1 is 1.19 bits per heavy atom. The first-order valence-electron chi connectivity index (χ1n) is 11.5. The van der Waals surface area contributed by atoms with Gasteiger partial charge in [0.15, 0.2) is 0 Å². The van der Waals surface area contributed by atoms with Gasteiger partial charge in [0.1, 0.15) is 0 Å². The molecule has 0 bridgehead atoms. The van der Waals surface area contributed by atoms with Crippen LogP contribution in [0.25, 0.3) is 5.70 Å². The van der Waals surface area contributed by atoms with Crippen molar-refractivity contribution in [2.75, 3.05) is 7.05 Å². The Balaban J connectivity index is 0. The summed E-state index contributed by atoms with van der Waals surface area (Å²) >= 11 is 0. The summed E-state index contributed by atoms with van der Waals surface area (Å²) in [6, 6.07) is 12.1. The van der Waals surface area contributed by atoms with Crippen molar-refractivity contribution in [2.45, 2.75) is 74.1 Å². The highest BCUT2D eigenvalue weighted by Gasteiger charge is 2.08. The standard InChI is InChI=1S/C15H16N2.C11H23N.C2H6/c1-4-13(11-16)12(2)10-15(17-3)14-8-6-5-7-9-14;1-5-11(8-9(2)3)7-6-10(4)12;1-2/h4-10,17H,1H2,2-3H3;9,11-12H,5-8H2,1-4H3;1-2H3/b13-12+,15-10-;;. The van der Waals surface area contributed by atoms with E-state index in [2.05, 4.69) is 38.7 Å². The van der Waals surface area contributed by atoms with Gasteiger partial charge in [-0.1, -0.05) is 84.0 Å². The molecule has 1 aromatic rings. The van der Waals surface area contributed by atoms with Crippen LogP contribution in [0.15, 0.2) is 60.2 Å². The first-order chi connectivity index (χ1) is 14.8. The number of nitriles is 1. The zero-order valence-electron chi connectivity index (χ0n) is 21.2. The van der Waals surface area contributed by atoms with Crippen molar-refractivity contribution < 1.29 is 0 Å². The predicted molar refractivity (Wildman–Crippen MR) is 139 cm³/mol. The molecule has 0 radical (unpaired) electrons. The summed E-state index contributed by atoms with van der Waals surface area (Å²) in [5.41, 5.74) is 4.40. The second-order valence-corrected chi connectivity index (χ2v) is 7.81. The van der Waals surface area contributed by atoms with Crippen LogP contribution in [-0.4, -0.2) is 12.8 Å². The van der Waals surface area contributed by atoms with Gasteiger partial charge in [0.25, 0.3) is 0 Å². The average molecular weight is 424 g/mol. The number of hydrogen-bond acceptors (Lipinski definition) is 3. The molecule has 3 heteroatoms. The molecule has 0 aromatic heterocycles. The highest BCUT2D eigenvalue weighted by atomic mass is 14.8. The van der Waals surface area contributed by atoms with E-state index in [4.69, 9.17) is 10.7 Å². The zero-order valence-corrected chi connectivity index (χ0v) is 21.2. The van der Waals surface area contributed by atoms with Crippen molar-refractivity contribution in [3.05, 3.63) is 65.8 Å². The third-order valence-electron chi connectivity index (χ3n) is 4.77. The molecule has 1 atom stereocenters. The predicted octanol–water partition coefficient (Wildman–Crippen LogP) is 8.18. The van der Waals surface area contributed by atoms with Crippen molar-refractivity contribution in [3.8, 4) is 6.07 Å².